The number of rotatable bonds is 6. The van der Waals surface area contributed by atoms with Gasteiger partial charge in [-0.05, 0) is 18.4 Å². The molecule has 1 aromatic rings. The van der Waals surface area contributed by atoms with Crippen molar-refractivity contribution < 1.29 is 0 Å². The van der Waals surface area contributed by atoms with Crippen LogP contribution in [0.15, 0.2) is 11.7 Å². The first-order valence-electron chi connectivity index (χ1n) is 4.19. The Morgan fingerprint density at radius 1 is 1.77 bits per heavy atom. The second kappa shape index (κ2) is 6.37. The van der Waals surface area contributed by atoms with Crippen molar-refractivity contribution in [2.45, 2.75) is 18.9 Å². The highest BCUT2D eigenvalue weighted by Crippen LogP contribution is 2.11. The number of hydrogen-bond acceptors (Lipinski definition) is 5. The number of nitrogens with zero attached hydrogens (tertiary/aromatic N) is 1. The van der Waals surface area contributed by atoms with Crippen LogP contribution in [0.3, 0.4) is 0 Å². The zero-order valence-corrected chi connectivity index (χ0v) is 9.33. The Hall–Kier alpha value is -0.100. The number of thiazole rings is 1. The molecule has 0 bridgehead atoms. The maximum absolute atomic E-state index is 5.46. The van der Waals surface area contributed by atoms with Gasteiger partial charge >= 0.3 is 0 Å². The van der Waals surface area contributed by atoms with Gasteiger partial charge in [-0.2, -0.15) is 11.8 Å². The van der Waals surface area contributed by atoms with E-state index in [1.54, 1.807) is 11.3 Å². The van der Waals surface area contributed by atoms with Crippen molar-refractivity contribution in [3.63, 3.8) is 0 Å². The monoisotopic (exact) mass is 217 g/mol. The van der Waals surface area contributed by atoms with Crippen molar-refractivity contribution in [1.29, 1.82) is 0 Å². The van der Waals surface area contributed by atoms with Crippen LogP contribution in [-0.4, -0.2) is 23.0 Å². The standard InChI is InChI=1S/C8H15N3S2/c1-12-3-2-7(11-9)4-8-5-10-6-13-8/h5-7,11H,2-4,9H2,1H3. The molecule has 0 aliphatic rings. The number of nitrogens with one attached hydrogen (secondary N) is 1. The number of hydrogen-bond donors (Lipinski definition) is 2. The quantitative estimate of drug-likeness (QED) is 0.556. The normalized spacial score (nSPS) is 13.1. The molecule has 13 heavy (non-hydrogen) atoms. The summed E-state index contributed by atoms with van der Waals surface area (Å²) in [6, 6.07) is 0.382. The molecule has 0 fully saturated rings. The van der Waals surface area contributed by atoms with E-state index in [1.165, 1.54) is 4.88 Å². The zero-order chi connectivity index (χ0) is 9.52. The van der Waals surface area contributed by atoms with Crippen molar-refractivity contribution in [2.24, 2.45) is 5.84 Å². The highest BCUT2D eigenvalue weighted by molar-refractivity contribution is 7.98. The van der Waals surface area contributed by atoms with Gasteiger partial charge in [-0.25, -0.2) is 0 Å². The molecule has 1 heterocycles. The average molecular weight is 217 g/mol. The van der Waals surface area contributed by atoms with E-state index in [-0.39, 0.29) is 0 Å². The third-order valence-electron chi connectivity index (χ3n) is 1.84. The number of thioether (sulfide) groups is 1. The summed E-state index contributed by atoms with van der Waals surface area (Å²) >= 11 is 3.54. The van der Waals surface area contributed by atoms with Gasteiger partial charge in [-0.3, -0.25) is 16.3 Å². The summed E-state index contributed by atoms with van der Waals surface area (Å²) in [5.74, 6) is 6.60. The first-order chi connectivity index (χ1) is 6.36. The largest absolute Gasteiger partial charge is 0.271 e. The van der Waals surface area contributed by atoms with Crippen molar-refractivity contribution in [2.75, 3.05) is 12.0 Å². The Kier molecular flexibility index (Phi) is 5.38. The fourth-order valence-electron chi connectivity index (χ4n) is 1.09. The smallest absolute Gasteiger partial charge is 0.0794 e. The molecule has 0 amide bonds. The molecule has 0 aromatic carbocycles. The van der Waals surface area contributed by atoms with E-state index in [0.29, 0.717) is 6.04 Å². The second-order valence-corrected chi connectivity index (χ2v) is 4.77. The number of nitrogens with two attached hydrogens (primary N) is 1. The summed E-state index contributed by atoms with van der Waals surface area (Å²) in [6.45, 7) is 0. The van der Waals surface area contributed by atoms with Crippen molar-refractivity contribution >= 4 is 23.1 Å². The van der Waals surface area contributed by atoms with E-state index in [1.807, 2.05) is 23.5 Å². The molecule has 0 aliphatic carbocycles. The maximum Gasteiger partial charge on any atom is 0.0794 e. The number of hydrazine groups is 1. The summed E-state index contributed by atoms with van der Waals surface area (Å²) in [6.07, 6.45) is 6.12. The maximum atomic E-state index is 5.46. The van der Waals surface area contributed by atoms with E-state index in [9.17, 15) is 0 Å². The lowest BCUT2D eigenvalue weighted by Crippen LogP contribution is -2.37. The van der Waals surface area contributed by atoms with Crippen LogP contribution in [0.4, 0.5) is 0 Å². The molecular weight excluding hydrogens is 202 g/mol. The first kappa shape index (κ1) is 11.0. The molecule has 1 rings (SSSR count). The van der Waals surface area contributed by atoms with Crippen LogP contribution in [0.25, 0.3) is 0 Å². The van der Waals surface area contributed by atoms with E-state index < -0.39 is 0 Å². The zero-order valence-electron chi connectivity index (χ0n) is 7.69. The van der Waals surface area contributed by atoms with Gasteiger partial charge in [0.2, 0.25) is 0 Å². The van der Waals surface area contributed by atoms with Gasteiger partial charge in [0.1, 0.15) is 0 Å². The minimum atomic E-state index is 0.382. The van der Waals surface area contributed by atoms with Gasteiger partial charge in [-0.15, -0.1) is 11.3 Å². The van der Waals surface area contributed by atoms with Crippen LogP contribution in [0.5, 0.6) is 0 Å². The Labute approximate surface area is 87.1 Å². The molecule has 1 atom stereocenters. The van der Waals surface area contributed by atoms with Crippen LogP contribution in [-0.2, 0) is 6.42 Å². The SMILES string of the molecule is CSCCC(Cc1cncs1)NN. The van der Waals surface area contributed by atoms with Crippen molar-refractivity contribution in [3.05, 3.63) is 16.6 Å². The minimum absolute atomic E-state index is 0.382. The predicted molar refractivity (Wildman–Crippen MR) is 59.9 cm³/mol. The third-order valence-corrected chi connectivity index (χ3v) is 3.28. The predicted octanol–water partition coefficient (Wildman–Crippen LogP) is 1.27. The molecule has 0 saturated carbocycles. The van der Waals surface area contributed by atoms with E-state index in [0.717, 1.165) is 18.6 Å². The molecule has 5 heteroatoms. The topological polar surface area (TPSA) is 50.9 Å². The Morgan fingerprint density at radius 2 is 2.62 bits per heavy atom. The van der Waals surface area contributed by atoms with Gasteiger partial charge in [0.05, 0.1) is 5.51 Å². The van der Waals surface area contributed by atoms with Crippen molar-refractivity contribution in [3.8, 4) is 0 Å². The molecule has 0 spiro atoms. The molecule has 0 radical (unpaired) electrons. The summed E-state index contributed by atoms with van der Waals surface area (Å²) in [5, 5.41) is 0. The van der Waals surface area contributed by atoms with Crippen LogP contribution in [0, 0.1) is 0 Å². The van der Waals surface area contributed by atoms with Crippen LogP contribution in [0.1, 0.15) is 11.3 Å². The summed E-state index contributed by atoms with van der Waals surface area (Å²) in [4.78, 5) is 5.33. The fourth-order valence-corrected chi connectivity index (χ4v) is 2.29. The number of aromatic nitrogens is 1. The first-order valence-corrected chi connectivity index (χ1v) is 6.46. The lowest BCUT2D eigenvalue weighted by atomic mass is 10.1. The minimum Gasteiger partial charge on any atom is -0.271 e. The Bertz CT molecular complexity index is 213. The van der Waals surface area contributed by atoms with Gasteiger partial charge in [-0.1, -0.05) is 0 Å². The molecule has 1 unspecified atom stereocenters. The van der Waals surface area contributed by atoms with Gasteiger partial charge < -0.3 is 0 Å². The molecule has 74 valence electrons. The average Bonchev–Trinajstić information content (AvgIpc) is 2.64. The summed E-state index contributed by atoms with van der Waals surface area (Å²) in [5.41, 5.74) is 4.70. The van der Waals surface area contributed by atoms with Crippen LogP contribution < -0.4 is 11.3 Å². The molecule has 3 nitrogen and oxygen atoms in total. The fraction of sp³-hybridized carbons (Fsp3) is 0.625. The Balaban J connectivity index is 2.31. The molecular formula is C8H15N3S2. The third kappa shape index (κ3) is 4.08. The lowest BCUT2D eigenvalue weighted by Gasteiger charge is -2.13. The van der Waals surface area contributed by atoms with Gasteiger partial charge in [0.25, 0.3) is 0 Å². The summed E-state index contributed by atoms with van der Waals surface area (Å²) < 4.78 is 0. The van der Waals surface area contributed by atoms with Crippen molar-refractivity contribution in [1.82, 2.24) is 10.4 Å². The van der Waals surface area contributed by atoms with Crippen LogP contribution in [0.2, 0.25) is 0 Å². The van der Waals surface area contributed by atoms with E-state index >= 15 is 0 Å². The molecule has 0 aliphatic heterocycles. The molecule has 1 aromatic heterocycles. The summed E-state index contributed by atoms with van der Waals surface area (Å²) in [7, 11) is 0. The van der Waals surface area contributed by atoms with Gasteiger partial charge in [0.15, 0.2) is 0 Å². The highest BCUT2D eigenvalue weighted by Gasteiger charge is 2.07. The van der Waals surface area contributed by atoms with Crippen LogP contribution >= 0.6 is 23.1 Å². The lowest BCUT2D eigenvalue weighted by molar-refractivity contribution is 0.517. The van der Waals surface area contributed by atoms with E-state index in [2.05, 4.69) is 16.7 Å². The molecule has 0 saturated heterocycles. The second-order valence-electron chi connectivity index (χ2n) is 2.82. The Morgan fingerprint density at radius 3 is 3.15 bits per heavy atom. The molecule has 3 N–H and O–H groups in total. The van der Waals surface area contributed by atoms with E-state index in [4.69, 9.17) is 5.84 Å². The highest BCUT2D eigenvalue weighted by atomic mass is 32.2. The van der Waals surface area contributed by atoms with Gasteiger partial charge in [0, 0.05) is 23.5 Å².